The molecule has 0 aliphatic carbocycles. The fraction of sp³-hybridized carbons (Fsp3) is 0.444. The van der Waals surface area contributed by atoms with Gasteiger partial charge in [0, 0.05) is 67.9 Å². The topological polar surface area (TPSA) is 53.2 Å². The summed E-state index contributed by atoms with van der Waals surface area (Å²) in [7, 11) is 2.20. The molecule has 6 rings (SSSR count). The Morgan fingerprint density at radius 3 is 2.73 bits per heavy atom. The van der Waals surface area contributed by atoms with Crippen molar-refractivity contribution in [1.82, 2.24) is 19.2 Å². The summed E-state index contributed by atoms with van der Waals surface area (Å²) in [5.41, 5.74) is 5.66. The molecule has 1 unspecified atom stereocenters. The van der Waals surface area contributed by atoms with E-state index in [2.05, 4.69) is 70.9 Å². The van der Waals surface area contributed by atoms with Crippen molar-refractivity contribution in [2.45, 2.75) is 38.5 Å². The minimum atomic E-state index is -0.857. The molecule has 1 aromatic carbocycles. The van der Waals surface area contributed by atoms with E-state index < -0.39 is 5.60 Å². The van der Waals surface area contributed by atoms with Gasteiger partial charge in [-0.3, -0.25) is 4.90 Å². The summed E-state index contributed by atoms with van der Waals surface area (Å²) in [4.78, 5) is 10.1. The summed E-state index contributed by atoms with van der Waals surface area (Å²) in [5.74, 6) is 0. The SMILES string of the molecule is CCC1(O)CCOCc2cn3cc4c(CN5CCN(C)CC5)c5ccccc5nc4c3cc21. The Morgan fingerprint density at radius 1 is 1.09 bits per heavy atom. The van der Waals surface area contributed by atoms with Gasteiger partial charge < -0.3 is 19.1 Å². The minimum absolute atomic E-state index is 0.533. The number of likely N-dealkylation sites (N-methyl/N-ethyl adjacent to an activating group) is 1. The van der Waals surface area contributed by atoms with Crippen molar-refractivity contribution in [1.29, 1.82) is 0 Å². The maximum atomic E-state index is 11.4. The molecule has 1 fully saturated rings. The van der Waals surface area contributed by atoms with E-state index in [0.29, 0.717) is 26.1 Å². The van der Waals surface area contributed by atoms with Gasteiger partial charge in [0.2, 0.25) is 0 Å². The van der Waals surface area contributed by atoms with Crippen molar-refractivity contribution in [3.8, 4) is 0 Å². The van der Waals surface area contributed by atoms with Crippen molar-refractivity contribution in [3.63, 3.8) is 0 Å². The molecule has 0 bridgehead atoms. The van der Waals surface area contributed by atoms with Crippen LogP contribution in [0.15, 0.2) is 42.7 Å². The van der Waals surface area contributed by atoms with E-state index in [1.54, 1.807) is 0 Å². The Bertz CT molecular complexity index is 1340. The van der Waals surface area contributed by atoms with Gasteiger partial charge in [0.1, 0.15) is 0 Å². The van der Waals surface area contributed by atoms with Crippen LogP contribution in [0.2, 0.25) is 0 Å². The van der Waals surface area contributed by atoms with Gasteiger partial charge in [0.25, 0.3) is 0 Å². The van der Waals surface area contributed by atoms with Crippen LogP contribution in [0.5, 0.6) is 0 Å². The number of pyridine rings is 2. The molecule has 1 saturated heterocycles. The lowest BCUT2D eigenvalue weighted by Gasteiger charge is -2.32. The highest BCUT2D eigenvalue weighted by molar-refractivity contribution is 6.04. The molecule has 33 heavy (non-hydrogen) atoms. The van der Waals surface area contributed by atoms with Crippen LogP contribution in [0, 0.1) is 0 Å². The highest BCUT2D eigenvalue weighted by Gasteiger charge is 2.32. The van der Waals surface area contributed by atoms with Crippen molar-refractivity contribution in [3.05, 3.63) is 59.4 Å². The molecule has 0 amide bonds. The summed E-state index contributed by atoms with van der Waals surface area (Å²) in [6.45, 7) is 8.45. The highest BCUT2D eigenvalue weighted by Crippen LogP contribution is 2.38. The number of rotatable bonds is 3. The van der Waals surface area contributed by atoms with Crippen molar-refractivity contribution in [2.24, 2.45) is 0 Å². The molecule has 3 aromatic heterocycles. The van der Waals surface area contributed by atoms with Gasteiger partial charge in [-0.25, -0.2) is 4.98 Å². The van der Waals surface area contributed by atoms with Gasteiger partial charge in [-0.1, -0.05) is 25.1 Å². The number of ether oxygens (including phenoxy) is 1. The number of aliphatic hydroxyl groups is 1. The van der Waals surface area contributed by atoms with Gasteiger partial charge in [-0.05, 0) is 36.7 Å². The van der Waals surface area contributed by atoms with E-state index in [0.717, 1.165) is 60.4 Å². The summed E-state index contributed by atoms with van der Waals surface area (Å²) < 4.78 is 8.03. The largest absolute Gasteiger partial charge is 0.385 e. The van der Waals surface area contributed by atoms with Crippen LogP contribution in [0.1, 0.15) is 36.5 Å². The van der Waals surface area contributed by atoms with Gasteiger partial charge in [0.15, 0.2) is 0 Å². The Balaban J connectivity index is 1.57. The Hall–Kier alpha value is -2.51. The molecule has 4 aromatic rings. The third kappa shape index (κ3) is 3.53. The van der Waals surface area contributed by atoms with Gasteiger partial charge in [-0.15, -0.1) is 0 Å². The molecule has 2 aliphatic heterocycles. The normalized spacial score (nSPS) is 22.8. The second kappa shape index (κ2) is 8.06. The molecule has 0 saturated carbocycles. The fourth-order valence-electron chi connectivity index (χ4n) is 5.55. The first-order valence-electron chi connectivity index (χ1n) is 12.1. The second-order valence-corrected chi connectivity index (χ2v) is 9.77. The Labute approximate surface area is 194 Å². The Kier molecular flexibility index (Phi) is 5.14. The number of para-hydroxylation sites is 1. The van der Waals surface area contributed by atoms with Crippen LogP contribution >= 0.6 is 0 Å². The number of fused-ring (bicyclic) bond motifs is 5. The van der Waals surface area contributed by atoms with E-state index >= 15 is 0 Å². The number of aromatic nitrogens is 2. The zero-order chi connectivity index (χ0) is 22.6. The molecule has 172 valence electrons. The highest BCUT2D eigenvalue weighted by atomic mass is 16.5. The predicted octanol–water partition coefficient (Wildman–Crippen LogP) is 3.91. The summed E-state index contributed by atoms with van der Waals surface area (Å²) in [6, 6.07) is 10.7. The average molecular weight is 445 g/mol. The molecule has 0 radical (unpaired) electrons. The zero-order valence-corrected chi connectivity index (χ0v) is 19.5. The maximum absolute atomic E-state index is 11.4. The minimum Gasteiger partial charge on any atom is -0.385 e. The number of benzene rings is 1. The average Bonchev–Trinajstić information content (AvgIpc) is 3.10. The monoisotopic (exact) mass is 444 g/mol. The maximum Gasteiger partial charge on any atom is 0.0968 e. The van der Waals surface area contributed by atoms with Crippen molar-refractivity contribution < 1.29 is 9.84 Å². The van der Waals surface area contributed by atoms with Crippen LogP contribution in [-0.4, -0.2) is 64.1 Å². The number of piperazine rings is 1. The van der Waals surface area contributed by atoms with E-state index in [9.17, 15) is 5.11 Å². The van der Waals surface area contributed by atoms with E-state index in [4.69, 9.17) is 9.72 Å². The molecular weight excluding hydrogens is 412 g/mol. The molecule has 6 heteroatoms. The first kappa shape index (κ1) is 21.1. The van der Waals surface area contributed by atoms with Crippen LogP contribution in [-0.2, 0) is 23.5 Å². The molecule has 1 N–H and O–H groups in total. The second-order valence-electron chi connectivity index (χ2n) is 9.77. The smallest absolute Gasteiger partial charge is 0.0968 e. The van der Waals surface area contributed by atoms with Crippen LogP contribution in [0.3, 0.4) is 0 Å². The Morgan fingerprint density at radius 2 is 1.91 bits per heavy atom. The molecular formula is C27H32N4O2. The third-order valence-electron chi connectivity index (χ3n) is 7.73. The van der Waals surface area contributed by atoms with Crippen LogP contribution in [0.4, 0.5) is 0 Å². The number of hydrogen-bond acceptors (Lipinski definition) is 5. The lowest BCUT2D eigenvalue weighted by molar-refractivity contribution is 0.00232. The zero-order valence-electron chi connectivity index (χ0n) is 19.5. The summed E-state index contributed by atoms with van der Waals surface area (Å²) in [6.07, 6.45) is 5.66. The molecule has 1 atom stereocenters. The molecule has 0 spiro atoms. The number of nitrogens with zero attached hydrogens (tertiary/aromatic N) is 4. The van der Waals surface area contributed by atoms with Gasteiger partial charge in [0.05, 0.1) is 35.4 Å². The molecule has 2 aliphatic rings. The van der Waals surface area contributed by atoms with E-state index in [1.807, 2.05) is 0 Å². The quantitative estimate of drug-likeness (QED) is 0.519. The standard InChI is InChI=1S/C27H32N4O2/c1-3-27(32)8-13-33-18-19-15-31-17-22-21(16-30-11-9-29(2)10-12-30)20-6-4-5-7-24(20)28-26(22)25(31)14-23(19)27/h4-7,14-15,17,32H,3,8-13,16,18H2,1-2H3. The summed E-state index contributed by atoms with van der Waals surface area (Å²) >= 11 is 0. The lowest BCUT2D eigenvalue weighted by Crippen LogP contribution is -2.43. The van der Waals surface area contributed by atoms with E-state index in [-0.39, 0.29) is 0 Å². The summed E-state index contributed by atoms with van der Waals surface area (Å²) in [5, 5.41) is 13.9. The molecule has 5 heterocycles. The van der Waals surface area contributed by atoms with E-state index in [1.165, 1.54) is 16.3 Å². The van der Waals surface area contributed by atoms with Gasteiger partial charge >= 0.3 is 0 Å². The first-order chi connectivity index (χ1) is 16.1. The predicted molar refractivity (Wildman–Crippen MR) is 131 cm³/mol. The van der Waals surface area contributed by atoms with Crippen molar-refractivity contribution in [2.75, 3.05) is 39.8 Å². The first-order valence-corrected chi connectivity index (χ1v) is 12.1. The lowest BCUT2D eigenvalue weighted by atomic mass is 9.86. The van der Waals surface area contributed by atoms with Crippen molar-refractivity contribution >= 4 is 27.3 Å². The molecule has 6 nitrogen and oxygen atoms in total. The van der Waals surface area contributed by atoms with Crippen LogP contribution < -0.4 is 0 Å². The third-order valence-corrected chi connectivity index (χ3v) is 7.73. The number of hydrogen-bond donors (Lipinski definition) is 1. The fourth-order valence-corrected chi connectivity index (χ4v) is 5.55. The van der Waals surface area contributed by atoms with Crippen LogP contribution in [0.25, 0.3) is 27.3 Å². The van der Waals surface area contributed by atoms with Gasteiger partial charge in [-0.2, -0.15) is 0 Å².